The zero-order valence-corrected chi connectivity index (χ0v) is 11.4. The van der Waals surface area contributed by atoms with Gasteiger partial charge >= 0.3 is 0 Å². The van der Waals surface area contributed by atoms with Crippen molar-refractivity contribution in [2.24, 2.45) is 11.7 Å². The number of hydrogen-bond donors (Lipinski definition) is 2. The first-order valence-electron chi connectivity index (χ1n) is 6.79. The van der Waals surface area contributed by atoms with E-state index in [1.54, 1.807) is 12.1 Å². The predicted molar refractivity (Wildman–Crippen MR) is 74.4 cm³/mol. The summed E-state index contributed by atoms with van der Waals surface area (Å²) >= 11 is 0. The van der Waals surface area contributed by atoms with Gasteiger partial charge in [0.1, 0.15) is 5.75 Å². The van der Waals surface area contributed by atoms with Crippen LogP contribution in [0.3, 0.4) is 0 Å². The van der Waals surface area contributed by atoms with Gasteiger partial charge in [-0.1, -0.05) is 19.1 Å². The largest absolute Gasteiger partial charge is 0.508 e. The molecule has 0 aliphatic carbocycles. The molecule has 1 fully saturated rings. The van der Waals surface area contributed by atoms with Crippen molar-refractivity contribution in [3.63, 3.8) is 0 Å². The number of nitrogens with zero attached hydrogens (tertiary/aromatic N) is 1. The molecule has 3 heteroatoms. The second kappa shape index (κ2) is 5.29. The molecule has 1 aromatic rings. The number of likely N-dealkylation sites (tertiary alicyclic amines) is 1. The Balaban J connectivity index is 2.03. The zero-order chi connectivity index (χ0) is 13.2. The summed E-state index contributed by atoms with van der Waals surface area (Å²) in [6, 6.07) is 7.36. The van der Waals surface area contributed by atoms with Crippen molar-refractivity contribution in [1.29, 1.82) is 0 Å². The van der Waals surface area contributed by atoms with E-state index < -0.39 is 0 Å². The Morgan fingerprint density at radius 3 is 2.67 bits per heavy atom. The minimum Gasteiger partial charge on any atom is -0.508 e. The number of piperidine rings is 1. The molecule has 1 aliphatic rings. The molecule has 100 valence electrons. The van der Waals surface area contributed by atoms with Crippen molar-refractivity contribution in [3.05, 3.63) is 29.8 Å². The summed E-state index contributed by atoms with van der Waals surface area (Å²) in [7, 11) is 0. The summed E-state index contributed by atoms with van der Waals surface area (Å²) in [5.74, 6) is 1.05. The first-order valence-corrected chi connectivity index (χ1v) is 6.79. The fourth-order valence-electron chi connectivity index (χ4n) is 2.79. The summed E-state index contributed by atoms with van der Waals surface area (Å²) in [5, 5.41) is 9.30. The van der Waals surface area contributed by atoms with Crippen LogP contribution in [0.25, 0.3) is 0 Å². The predicted octanol–water partition coefficient (Wildman–Crippen LogP) is 2.34. The van der Waals surface area contributed by atoms with Crippen LogP contribution in [0.5, 0.6) is 5.75 Å². The van der Waals surface area contributed by atoms with Crippen LogP contribution in [0.2, 0.25) is 0 Å². The molecule has 2 atom stereocenters. The summed E-state index contributed by atoms with van der Waals surface area (Å²) in [6.45, 7) is 6.58. The molecule has 0 bridgehead atoms. The normalized spacial score (nSPS) is 24.7. The first-order chi connectivity index (χ1) is 8.47. The molecule has 2 unspecified atom stereocenters. The Kier molecular flexibility index (Phi) is 3.93. The van der Waals surface area contributed by atoms with Crippen LogP contribution in [0.4, 0.5) is 0 Å². The lowest BCUT2D eigenvalue weighted by Crippen LogP contribution is -2.58. The van der Waals surface area contributed by atoms with E-state index in [-0.39, 0.29) is 5.66 Å². The molecule has 0 saturated carbocycles. The molecule has 3 nitrogen and oxygen atoms in total. The van der Waals surface area contributed by atoms with Crippen molar-refractivity contribution < 1.29 is 5.11 Å². The third-order valence-corrected chi connectivity index (χ3v) is 3.88. The molecule has 1 aromatic carbocycles. The molecular formula is C15H24N2O. The quantitative estimate of drug-likeness (QED) is 0.863. The number of benzene rings is 1. The van der Waals surface area contributed by atoms with Crippen LogP contribution in [0, 0.1) is 5.92 Å². The van der Waals surface area contributed by atoms with Gasteiger partial charge in [-0.2, -0.15) is 0 Å². The average molecular weight is 248 g/mol. The third-order valence-electron chi connectivity index (χ3n) is 3.88. The lowest BCUT2D eigenvalue weighted by Gasteiger charge is -2.42. The second-order valence-electron chi connectivity index (χ2n) is 5.89. The highest BCUT2D eigenvalue weighted by atomic mass is 16.3. The lowest BCUT2D eigenvalue weighted by molar-refractivity contribution is 0.0627. The number of rotatable bonds is 3. The average Bonchev–Trinajstić information content (AvgIpc) is 2.32. The van der Waals surface area contributed by atoms with Crippen LogP contribution in [-0.4, -0.2) is 28.8 Å². The highest BCUT2D eigenvalue weighted by molar-refractivity contribution is 5.27. The monoisotopic (exact) mass is 248 g/mol. The molecule has 3 N–H and O–H groups in total. The maximum atomic E-state index is 9.30. The highest BCUT2D eigenvalue weighted by Gasteiger charge is 2.30. The van der Waals surface area contributed by atoms with E-state index in [0.717, 1.165) is 25.4 Å². The maximum Gasteiger partial charge on any atom is 0.115 e. The van der Waals surface area contributed by atoms with E-state index in [9.17, 15) is 5.11 Å². The van der Waals surface area contributed by atoms with Crippen LogP contribution >= 0.6 is 0 Å². The summed E-state index contributed by atoms with van der Waals surface area (Å²) in [6.07, 6.45) is 3.37. The number of aromatic hydroxyl groups is 1. The van der Waals surface area contributed by atoms with Crippen molar-refractivity contribution in [1.82, 2.24) is 4.90 Å². The van der Waals surface area contributed by atoms with E-state index in [1.807, 2.05) is 12.1 Å². The van der Waals surface area contributed by atoms with E-state index >= 15 is 0 Å². The van der Waals surface area contributed by atoms with Gasteiger partial charge in [0.25, 0.3) is 0 Å². The number of phenolic OH excluding ortho intramolecular Hbond substituents is 1. The SMILES string of the molecule is CC1CCCN(C(C)(N)Cc2ccc(O)cc2)C1. The van der Waals surface area contributed by atoms with E-state index in [2.05, 4.69) is 18.7 Å². The molecule has 1 aliphatic heterocycles. The van der Waals surface area contributed by atoms with Gasteiger partial charge in [-0.15, -0.1) is 0 Å². The molecular weight excluding hydrogens is 224 g/mol. The Labute approximate surface area is 110 Å². The topological polar surface area (TPSA) is 49.5 Å². The maximum absolute atomic E-state index is 9.30. The molecule has 0 spiro atoms. The Morgan fingerprint density at radius 1 is 1.39 bits per heavy atom. The van der Waals surface area contributed by atoms with E-state index in [1.165, 1.54) is 18.4 Å². The van der Waals surface area contributed by atoms with Gasteiger partial charge in [0.05, 0.1) is 5.66 Å². The Bertz CT molecular complexity index is 386. The van der Waals surface area contributed by atoms with Crippen molar-refractivity contribution >= 4 is 0 Å². The van der Waals surface area contributed by atoms with E-state index in [0.29, 0.717) is 5.75 Å². The zero-order valence-electron chi connectivity index (χ0n) is 11.4. The molecule has 0 amide bonds. The van der Waals surface area contributed by atoms with Gasteiger partial charge in [-0.05, 0) is 49.9 Å². The van der Waals surface area contributed by atoms with Crippen molar-refractivity contribution in [2.75, 3.05) is 13.1 Å². The fraction of sp³-hybridized carbons (Fsp3) is 0.600. The standard InChI is InChI=1S/C15H24N2O/c1-12-4-3-9-17(11-12)15(2,16)10-13-5-7-14(18)8-6-13/h5-8,12,18H,3-4,9-11,16H2,1-2H3. The van der Waals surface area contributed by atoms with Gasteiger partial charge in [-0.25, -0.2) is 0 Å². The van der Waals surface area contributed by atoms with E-state index in [4.69, 9.17) is 5.73 Å². The van der Waals surface area contributed by atoms with Crippen LogP contribution in [0.1, 0.15) is 32.3 Å². The highest BCUT2D eigenvalue weighted by Crippen LogP contribution is 2.24. The molecule has 0 radical (unpaired) electrons. The van der Waals surface area contributed by atoms with Gasteiger partial charge in [-0.3, -0.25) is 4.90 Å². The number of hydrogen-bond acceptors (Lipinski definition) is 3. The minimum atomic E-state index is -0.300. The second-order valence-corrected chi connectivity index (χ2v) is 5.89. The molecule has 2 rings (SSSR count). The van der Waals surface area contributed by atoms with Crippen LogP contribution < -0.4 is 5.73 Å². The summed E-state index contributed by atoms with van der Waals surface area (Å²) in [4.78, 5) is 2.40. The molecule has 0 aromatic heterocycles. The van der Waals surface area contributed by atoms with Gasteiger partial charge in [0, 0.05) is 13.0 Å². The minimum absolute atomic E-state index is 0.300. The summed E-state index contributed by atoms with van der Waals surface area (Å²) < 4.78 is 0. The fourth-order valence-corrected chi connectivity index (χ4v) is 2.79. The van der Waals surface area contributed by atoms with Gasteiger partial charge in [0.2, 0.25) is 0 Å². The molecule has 1 saturated heterocycles. The first kappa shape index (κ1) is 13.4. The van der Waals surface area contributed by atoms with Gasteiger partial charge in [0.15, 0.2) is 0 Å². The number of phenols is 1. The lowest BCUT2D eigenvalue weighted by atomic mass is 9.94. The third kappa shape index (κ3) is 3.24. The summed E-state index contributed by atoms with van der Waals surface area (Å²) in [5.41, 5.74) is 7.36. The van der Waals surface area contributed by atoms with Crippen molar-refractivity contribution in [2.45, 2.75) is 38.8 Å². The number of nitrogens with two attached hydrogens (primary N) is 1. The smallest absolute Gasteiger partial charge is 0.115 e. The Morgan fingerprint density at radius 2 is 2.06 bits per heavy atom. The van der Waals surface area contributed by atoms with Gasteiger partial charge < -0.3 is 10.8 Å². The van der Waals surface area contributed by atoms with Crippen LogP contribution in [0.15, 0.2) is 24.3 Å². The van der Waals surface area contributed by atoms with Crippen molar-refractivity contribution in [3.8, 4) is 5.75 Å². The van der Waals surface area contributed by atoms with Crippen LogP contribution in [-0.2, 0) is 6.42 Å². The molecule has 18 heavy (non-hydrogen) atoms. The molecule has 1 heterocycles. The Hall–Kier alpha value is -1.06.